The summed E-state index contributed by atoms with van der Waals surface area (Å²) in [5, 5.41) is 2.28. The molecule has 3 aromatic rings. The average Bonchev–Trinajstić information content (AvgIpc) is 3.22. The lowest BCUT2D eigenvalue weighted by Gasteiger charge is -2.31. The summed E-state index contributed by atoms with van der Waals surface area (Å²) in [5.41, 5.74) is 1.65. The number of hydrogen-bond acceptors (Lipinski definition) is 5. The quantitative estimate of drug-likeness (QED) is 0.419. The van der Waals surface area contributed by atoms with Crippen LogP contribution in [0.3, 0.4) is 0 Å². The molecular weight excluding hydrogens is 421 g/mol. The van der Waals surface area contributed by atoms with Crippen LogP contribution in [0.25, 0.3) is 15.9 Å². The van der Waals surface area contributed by atoms with Crippen LogP contribution in [0, 0.1) is 12.7 Å². The van der Waals surface area contributed by atoms with Gasteiger partial charge in [-0.3, -0.25) is 14.2 Å². The zero-order chi connectivity index (χ0) is 21.3. The van der Waals surface area contributed by atoms with Gasteiger partial charge < -0.3 is 4.90 Å². The first kappa shape index (κ1) is 21.1. The van der Waals surface area contributed by atoms with Gasteiger partial charge in [-0.05, 0) is 55.0 Å². The van der Waals surface area contributed by atoms with E-state index in [0.717, 1.165) is 25.7 Å². The van der Waals surface area contributed by atoms with Crippen molar-refractivity contribution in [2.24, 2.45) is 0 Å². The van der Waals surface area contributed by atoms with Gasteiger partial charge in [0.25, 0.3) is 5.56 Å². The molecule has 0 spiro atoms. The standard InChI is InChI=1S/C22H24FN3O2S2/c1-14-12-15(23)8-9-18(14)26-21(28)20-17(10-11-29-20)24-22(26)30-13-19(27)25(2)16-6-4-3-5-7-16/h8-12,16H,3-7,13H2,1-2H3. The number of aromatic nitrogens is 2. The molecule has 0 atom stereocenters. The Labute approximate surface area is 182 Å². The number of benzene rings is 1. The third-order valence-electron chi connectivity index (χ3n) is 5.69. The van der Waals surface area contributed by atoms with Crippen molar-refractivity contribution in [2.45, 2.75) is 50.2 Å². The summed E-state index contributed by atoms with van der Waals surface area (Å²) in [6.45, 7) is 1.76. The van der Waals surface area contributed by atoms with E-state index < -0.39 is 0 Å². The Morgan fingerprint density at radius 3 is 2.80 bits per heavy atom. The molecule has 1 aliphatic carbocycles. The number of halogens is 1. The molecule has 2 heterocycles. The van der Waals surface area contributed by atoms with Crippen LogP contribution in [0.2, 0.25) is 0 Å². The maximum absolute atomic E-state index is 13.6. The Bertz CT molecular complexity index is 1140. The van der Waals surface area contributed by atoms with E-state index in [1.807, 2.05) is 23.4 Å². The van der Waals surface area contributed by atoms with Crippen LogP contribution in [0.5, 0.6) is 0 Å². The van der Waals surface area contributed by atoms with Gasteiger partial charge in [0.15, 0.2) is 5.16 Å². The largest absolute Gasteiger partial charge is 0.342 e. The van der Waals surface area contributed by atoms with E-state index in [4.69, 9.17) is 0 Å². The van der Waals surface area contributed by atoms with Gasteiger partial charge in [-0.2, -0.15) is 0 Å². The van der Waals surface area contributed by atoms with Crippen LogP contribution < -0.4 is 5.56 Å². The summed E-state index contributed by atoms with van der Waals surface area (Å²) in [4.78, 5) is 32.5. The highest BCUT2D eigenvalue weighted by Gasteiger charge is 2.23. The van der Waals surface area contributed by atoms with Gasteiger partial charge in [-0.1, -0.05) is 31.0 Å². The zero-order valence-electron chi connectivity index (χ0n) is 17.1. The molecule has 30 heavy (non-hydrogen) atoms. The van der Waals surface area contributed by atoms with Crippen LogP contribution in [0.4, 0.5) is 4.39 Å². The molecule has 8 heteroatoms. The first-order valence-corrected chi connectivity index (χ1v) is 12.0. The van der Waals surface area contributed by atoms with Crippen molar-refractivity contribution >= 4 is 39.2 Å². The highest BCUT2D eigenvalue weighted by atomic mass is 32.2. The fourth-order valence-corrected chi connectivity index (χ4v) is 5.66. The number of aryl methyl sites for hydroxylation is 1. The molecule has 158 valence electrons. The second kappa shape index (κ2) is 8.89. The number of thiophene rings is 1. The lowest BCUT2D eigenvalue weighted by atomic mass is 9.94. The Kier molecular flexibility index (Phi) is 6.24. The lowest BCUT2D eigenvalue weighted by molar-refractivity contribution is -0.129. The summed E-state index contributed by atoms with van der Waals surface area (Å²) >= 11 is 2.59. The summed E-state index contributed by atoms with van der Waals surface area (Å²) in [5.74, 6) is -0.114. The van der Waals surface area contributed by atoms with Gasteiger partial charge in [0.05, 0.1) is 17.0 Å². The van der Waals surface area contributed by atoms with Gasteiger partial charge in [-0.25, -0.2) is 9.37 Å². The molecule has 0 N–H and O–H groups in total. The topological polar surface area (TPSA) is 55.2 Å². The molecule has 1 fully saturated rings. The van der Waals surface area contributed by atoms with Crippen molar-refractivity contribution in [3.05, 3.63) is 51.4 Å². The smallest absolute Gasteiger partial charge is 0.276 e. The van der Waals surface area contributed by atoms with Gasteiger partial charge in [0, 0.05) is 13.1 Å². The Morgan fingerprint density at radius 1 is 1.30 bits per heavy atom. The molecule has 0 aliphatic heterocycles. The third kappa shape index (κ3) is 4.16. The fraction of sp³-hybridized carbons (Fsp3) is 0.409. The molecule has 1 saturated carbocycles. The van der Waals surface area contributed by atoms with E-state index in [1.54, 1.807) is 13.0 Å². The van der Waals surface area contributed by atoms with E-state index in [1.165, 1.54) is 46.2 Å². The van der Waals surface area contributed by atoms with E-state index in [9.17, 15) is 14.0 Å². The lowest BCUT2D eigenvalue weighted by Crippen LogP contribution is -2.39. The molecule has 0 radical (unpaired) electrons. The molecule has 1 amide bonds. The van der Waals surface area contributed by atoms with Crippen molar-refractivity contribution < 1.29 is 9.18 Å². The zero-order valence-corrected chi connectivity index (χ0v) is 18.7. The first-order chi connectivity index (χ1) is 14.5. The maximum Gasteiger partial charge on any atom is 0.276 e. The van der Waals surface area contributed by atoms with E-state index in [2.05, 4.69) is 4.98 Å². The van der Waals surface area contributed by atoms with Crippen LogP contribution in [-0.4, -0.2) is 39.2 Å². The van der Waals surface area contributed by atoms with Crippen LogP contribution in [0.15, 0.2) is 39.6 Å². The minimum Gasteiger partial charge on any atom is -0.342 e. The van der Waals surface area contributed by atoms with Gasteiger partial charge in [0.2, 0.25) is 5.91 Å². The van der Waals surface area contributed by atoms with Crippen LogP contribution >= 0.6 is 23.1 Å². The second-order valence-corrected chi connectivity index (χ2v) is 9.54. The van der Waals surface area contributed by atoms with Crippen molar-refractivity contribution in [2.75, 3.05) is 12.8 Å². The predicted molar refractivity (Wildman–Crippen MR) is 120 cm³/mol. The fourth-order valence-electron chi connectivity index (χ4n) is 3.97. The molecule has 2 aromatic heterocycles. The number of nitrogens with zero attached hydrogens (tertiary/aromatic N) is 3. The number of amides is 1. The number of hydrogen-bond donors (Lipinski definition) is 0. The van der Waals surface area contributed by atoms with Crippen molar-refractivity contribution in [1.82, 2.24) is 14.5 Å². The Balaban J connectivity index is 1.66. The van der Waals surface area contributed by atoms with E-state index in [0.29, 0.717) is 32.7 Å². The van der Waals surface area contributed by atoms with E-state index >= 15 is 0 Å². The monoisotopic (exact) mass is 445 g/mol. The highest BCUT2D eigenvalue weighted by molar-refractivity contribution is 7.99. The molecule has 0 bridgehead atoms. The molecule has 5 nitrogen and oxygen atoms in total. The summed E-state index contributed by atoms with van der Waals surface area (Å²) in [6, 6.07) is 6.43. The number of rotatable bonds is 5. The van der Waals surface area contributed by atoms with Crippen molar-refractivity contribution in [1.29, 1.82) is 0 Å². The third-order valence-corrected chi connectivity index (χ3v) is 7.50. The van der Waals surface area contributed by atoms with Crippen molar-refractivity contribution in [3.63, 3.8) is 0 Å². The molecule has 4 rings (SSSR count). The summed E-state index contributed by atoms with van der Waals surface area (Å²) in [6.07, 6.45) is 5.66. The summed E-state index contributed by atoms with van der Waals surface area (Å²) < 4.78 is 15.7. The number of carbonyl (C=O) groups excluding carboxylic acids is 1. The van der Waals surface area contributed by atoms with E-state index in [-0.39, 0.29) is 23.0 Å². The maximum atomic E-state index is 13.6. The number of thioether (sulfide) groups is 1. The SMILES string of the molecule is Cc1cc(F)ccc1-n1c(SCC(=O)N(C)C2CCCCC2)nc2ccsc2c1=O. The molecule has 0 unspecified atom stereocenters. The highest BCUT2D eigenvalue weighted by Crippen LogP contribution is 2.27. The first-order valence-electron chi connectivity index (χ1n) is 10.1. The molecule has 1 aliphatic rings. The van der Waals surface area contributed by atoms with Gasteiger partial charge in [0.1, 0.15) is 10.5 Å². The molecule has 0 saturated heterocycles. The average molecular weight is 446 g/mol. The minimum absolute atomic E-state index is 0.0361. The second-order valence-electron chi connectivity index (χ2n) is 7.69. The van der Waals surface area contributed by atoms with Gasteiger partial charge >= 0.3 is 0 Å². The molecular formula is C22H24FN3O2S2. The number of carbonyl (C=O) groups is 1. The normalized spacial score (nSPS) is 14.9. The Morgan fingerprint density at radius 2 is 2.07 bits per heavy atom. The Hall–Kier alpha value is -2.19. The van der Waals surface area contributed by atoms with Crippen molar-refractivity contribution in [3.8, 4) is 5.69 Å². The predicted octanol–water partition coefficient (Wildman–Crippen LogP) is 4.78. The summed E-state index contributed by atoms with van der Waals surface area (Å²) in [7, 11) is 1.87. The minimum atomic E-state index is -0.354. The van der Waals surface area contributed by atoms with Crippen LogP contribution in [0.1, 0.15) is 37.7 Å². The number of fused-ring (bicyclic) bond motifs is 1. The van der Waals surface area contributed by atoms with Gasteiger partial charge in [-0.15, -0.1) is 11.3 Å². The van der Waals surface area contributed by atoms with Crippen LogP contribution in [-0.2, 0) is 4.79 Å². The molecule has 1 aromatic carbocycles.